The predicted octanol–water partition coefficient (Wildman–Crippen LogP) is 1.54. The first-order valence-electron chi connectivity index (χ1n) is 5.40. The lowest BCUT2D eigenvalue weighted by molar-refractivity contribution is -0.143. The Morgan fingerprint density at radius 2 is 2.12 bits per heavy atom. The van der Waals surface area contributed by atoms with Crippen molar-refractivity contribution in [3.63, 3.8) is 0 Å². The van der Waals surface area contributed by atoms with E-state index < -0.39 is 0 Å². The Bertz CT molecular complexity index is 325. The highest BCUT2D eigenvalue weighted by molar-refractivity contribution is 5.69. The molecule has 0 aliphatic carbocycles. The van der Waals surface area contributed by atoms with Gasteiger partial charge in [-0.15, -0.1) is 0 Å². The first-order valence-corrected chi connectivity index (χ1v) is 5.40. The van der Waals surface area contributed by atoms with E-state index in [0.717, 1.165) is 12.0 Å². The second-order valence-electron chi connectivity index (χ2n) is 3.42. The average molecular weight is 223 g/mol. The minimum absolute atomic E-state index is 0.158. The number of ether oxygens (including phenoxy) is 1. The van der Waals surface area contributed by atoms with Crippen LogP contribution in [0.4, 0.5) is 5.95 Å². The Morgan fingerprint density at radius 1 is 1.44 bits per heavy atom. The number of rotatable bonds is 6. The third-order valence-electron chi connectivity index (χ3n) is 1.93. The number of hydrogen-bond donors (Lipinski definition) is 1. The van der Waals surface area contributed by atoms with Gasteiger partial charge in [0.05, 0.1) is 6.61 Å². The fourth-order valence-corrected chi connectivity index (χ4v) is 1.15. The van der Waals surface area contributed by atoms with Crippen molar-refractivity contribution in [1.29, 1.82) is 0 Å². The summed E-state index contributed by atoms with van der Waals surface area (Å²) in [5, 5.41) is 3.04. The maximum atomic E-state index is 11.0. The van der Waals surface area contributed by atoms with Crippen LogP contribution in [0.2, 0.25) is 0 Å². The van der Waals surface area contributed by atoms with Crippen LogP contribution in [0.1, 0.15) is 25.3 Å². The summed E-state index contributed by atoms with van der Waals surface area (Å²) in [6.07, 6.45) is 4.64. The van der Waals surface area contributed by atoms with Gasteiger partial charge < -0.3 is 10.1 Å². The van der Waals surface area contributed by atoms with Crippen molar-refractivity contribution in [2.45, 2.75) is 26.7 Å². The van der Waals surface area contributed by atoms with E-state index in [1.807, 2.05) is 6.92 Å². The van der Waals surface area contributed by atoms with Gasteiger partial charge in [0, 0.05) is 25.4 Å². The molecular formula is C11H17N3O2. The molecule has 0 saturated carbocycles. The van der Waals surface area contributed by atoms with Gasteiger partial charge in [-0.1, -0.05) is 0 Å². The predicted molar refractivity (Wildman–Crippen MR) is 61.1 cm³/mol. The molecule has 5 heteroatoms. The molecule has 1 aromatic rings. The molecule has 1 N–H and O–H groups in total. The van der Waals surface area contributed by atoms with Gasteiger partial charge in [-0.2, -0.15) is 0 Å². The molecule has 1 rings (SSSR count). The average Bonchev–Trinajstić information content (AvgIpc) is 2.27. The molecule has 16 heavy (non-hydrogen) atoms. The molecule has 0 saturated heterocycles. The molecule has 1 aromatic heterocycles. The lowest BCUT2D eigenvalue weighted by Gasteiger charge is -2.04. The van der Waals surface area contributed by atoms with E-state index in [2.05, 4.69) is 15.3 Å². The van der Waals surface area contributed by atoms with Gasteiger partial charge in [0.1, 0.15) is 0 Å². The molecule has 0 bridgehead atoms. The smallest absolute Gasteiger partial charge is 0.305 e. The lowest BCUT2D eigenvalue weighted by atomic mass is 10.3. The fraction of sp³-hybridized carbons (Fsp3) is 0.545. The molecule has 0 unspecified atom stereocenters. The minimum Gasteiger partial charge on any atom is -0.466 e. The zero-order valence-corrected chi connectivity index (χ0v) is 9.69. The van der Waals surface area contributed by atoms with E-state index in [0.29, 0.717) is 25.5 Å². The van der Waals surface area contributed by atoms with Crippen LogP contribution in [-0.4, -0.2) is 29.1 Å². The Labute approximate surface area is 95.3 Å². The second kappa shape index (κ2) is 6.76. The fourth-order valence-electron chi connectivity index (χ4n) is 1.15. The largest absolute Gasteiger partial charge is 0.466 e. The number of carbonyl (C=O) groups is 1. The zero-order chi connectivity index (χ0) is 11.8. The highest BCUT2D eigenvalue weighted by Crippen LogP contribution is 1.99. The maximum Gasteiger partial charge on any atom is 0.305 e. The number of aromatic nitrogens is 2. The Morgan fingerprint density at radius 3 is 2.75 bits per heavy atom. The number of aryl methyl sites for hydroxylation is 1. The van der Waals surface area contributed by atoms with Crippen molar-refractivity contribution < 1.29 is 9.53 Å². The quantitative estimate of drug-likeness (QED) is 0.585. The third-order valence-corrected chi connectivity index (χ3v) is 1.93. The van der Waals surface area contributed by atoms with E-state index in [1.165, 1.54) is 0 Å². The minimum atomic E-state index is -0.158. The van der Waals surface area contributed by atoms with Crippen LogP contribution in [-0.2, 0) is 9.53 Å². The second-order valence-corrected chi connectivity index (χ2v) is 3.42. The summed E-state index contributed by atoms with van der Waals surface area (Å²) in [5.41, 5.74) is 1.03. The van der Waals surface area contributed by atoms with Crippen LogP contribution < -0.4 is 5.32 Å². The van der Waals surface area contributed by atoms with Gasteiger partial charge in [0.15, 0.2) is 0 Å². The number of hydrogen-bond acceptors (Lipinski definition) is 5. The van der Waals surface area contributed by atoms with Crippen molar-refractivity contribution in [2.75, 3.05) is 18.5 Å². The summed E-state index contributed by atoms with van der Waals surface area (Å²) in [5.74, 6) is 0.434. The lowest BCUT2D eigenvalue weighted by Crippen LogP contribution is -2.09. The summed E-state index contributed by atoms with van der Waals surface area (Å²) >= 11 is 0. The van der Waals surface area contributed by atoms with Crippen LogP contribution in [0, 0.1) is 6.92 Å². The summed E-state index contributed by atoms with van der Waals surface area (Å²) in [4.78, 5) is 19.2. The standard InChI is InChI=1S/C11H17N3O2/c1-3-16-10(15)5-4-6-12-11-13-7-9(2)8-14-11/h7-8H,3-6H2,1-2H3,(H,12,13,14). The summed E-state index contributed by atoms with van der Waals surface area (Å²) in [7, 11) is 0. The molecule has 0 amide bonds. The molecule has 0 spiro atoms. The molecule has 0 radical (unpaired) electrons. The van der Waals surface area contributed by atoms with Gasteiger partial charge in [-0.05, 0) is 25.8 Å². The van der Waals surface area contributed by atoms with Crippen LogP contribution in [0.25, 0.3) is 0 Å². The van der Waals surface area contributed by atoms with Gasteiger partial charge in [-0.25, -0.2) is 9.97 Å². The van der Waals surface area contributed by atoms with E-state index in [4.69, 9.17) is 4.74 Å². The van der Waals surface area contributed by atoms with E-state index in [1.54, 1.807) is 19.3 Å². The molecule has 0 aliphatic heterocycles. The summed E-state index contributed by atoms with van der Waals surface area (Å²) < 4.78 is 4.81. The topological polar surface area (TPSA) is 64.1 Å². The van der Waals surface area contributed by atoms with Gasteiger partial charge >= 0.3 is 5.97 Å². The number of carbonyl (C=O) groups excluding carboxylic acids is 1. The third kappa shape index (κ3) is 4.72. The highest BCUT2D eigenvalue weighted by atomic mass is 16.5. The first kappa shape index (κ1) is 12.4. The van der Waals surface area contributed by atoms with E-state index >= 15 is 0 Å². The molecule has 5 nitrogen and oxygen atoms in total. The molecule has 1 heterocycles. The maximum absolute atomic E-state index is 11.0. The Balaban J connectivity index is 2.16. The van der Waals surface area contributed by atoms with Gasteiger partial charge in [-0.3, -0.25) is 4.79 Å². The highest BCUT2D eigenvalue weighted by Gasteiger charge is 2.01. The van der Waals surface area contributed by atoms with Crippen molar-refractivity contribution >= 4 is 11.9 Å². The van der Waals surface area contributed by atoms with Crippen molar-refractivity contribution in [1.82, 2.24) is 9.97 Å². The summed E-state index contributed by atoms with van der Waals surface area (Å²) in [6, 6.07) is 0. The van der Waals surface area contributed by atoms with Crippen LogP contribution >= 0.6 is 0 Å². The number of esters is 1. The zero-order valence-electron chi connectivity index (χ0n) is 9.69. The van der Waals surface area contributed by atoms with E-state index in [9.17, 15) is 4.79 Å². The molecular weight excluding hydrogens is 206 g/mol. The van der Waals surface area contributed by atoms with E-state index in [-0.39, 0.29) is 5.97 Å². The molecule has 0 aromatic carbocycles. The van der Waals surface area contributed by atoms with Gasteiger partial charge in [0.25, 0.3) is 0 Å². The number of nitrogens with zero attached hydrogens (tertiary/aromatic N) is 2. The van der Waals surface area contributed by atoms with Crippen LogP contribution in [0.3, 0.4) is 0 Å². The SMILES string of the molecule is CCOC(=O)CCCNc1ncc(C)cn1. The molecule has 88 valence electrons. The molecule has 0 fully saturated rings. The Hall–Kier alpha value is -1.65. The van der Waals surface area contributed by atoms with Crippen molar-refractivity contribution in [2.24, 2.45) is 0 Å². The van der Waals surface area contributed by atoms with Crippen molar-refractivity contribution in [3.05, 3.63) is 18.0 Å². The summed E-state index contributed by atoms with van der Waals surface area (Å²) in [6.45, 7) is 4.84. The first-order chi connectivity index (χ1) is 7.72. The molecule has 0 atom stereocenters. The molecule has 0 aliphatic rings. The number of anilines is 1. The van der Waals surface area contributed by atoms with Crippen molar-refractivity contribution in [3.8, 4) is 0 Å². The van der Waals surface area contributed by atoms with Gasteiger partial charge in [0.2, 0.25) is 5.95 Å². The van der Waals surface area contributed by atoms with Crippen LogP contribution in [0.15, 0.2) is 12.4 Å². The normalized spacial score (nSPS) is 9.88. The van der Waals surface area contributed by atoms with Crippen LogP contribution in [0.5, 0.6) is 0 Å². The Kier molecular flexibility index (Phi) is 5.25. The monoisotopic (exact) mass is 223 g/mol. The number of nitrogens with one attached hydrogen (secondary N) is 1.